The fourth-order valence-corrected chi connectivity index (χ4v) is 2.78. The first-order valence-corrected chi connectivity index (χ1v) is 7.72. The number of amides is 2. The Balaban J connectivity index is 1.50. The molecule has 2 fully saturated rings. The molecule has 1 aliphatic carbocycles. The minimum absolute atomic E-state index is 0.0986. The Morgan fingerprint density at radius 3 is 2.57 bits per heavy atom. The predicted molar refractivity (Wildman–Crippen MR) is 79.0 cm³/mol. The van der Waals surface area contributed by atoms with Gasteiger partial charge in [0, 0.05) is 36.3 Å². The number of halogens is 1. The van der Waals surface area contributed by atoms with E-state index in [1.54, 1.807) is 12.1 Å². The molecule has 1 aromatic rings. The highest BCUT2D eigenvalue weighted by Gasteiger charge is 2.35. The van der Waals surface area contributed by atoms with Gasteiger partial charge < -0.3 is 10.2 Å². The number of hydrogen-bond acceptors (Lipinski definition) is 3. The van der Waals surface area contributed by atoms with Gasteiger partial charge in [-0.2, -0.15) is 0 Å². The van der Waals surface area contributed by atoms with Crippen molar-refractivity contribution in [1.82, 2.24) is 15.2 Å². The normalized spacial score (nSPS) is 19.4. The minimum Gasteiger partial charge on any atom is -0.348 e. The number of carbonyl (C=O) groups is 2. The Labute approximate surface area is 128 Å². The fraction of sp³-hybridized carbons (Fsp3) is 0.533. The zero-order chi connectivity index (χ0) is 14.8. The maximum Gasteiger partial charge on any atom is 0.270 e. The summed E-state index contributed by atoms with van der Waals surface area (Å²) < 4.78 is 0. The van der Waals surface area contributed by atoms with Crippen molar-refractivity contribution in [1.29, 1.82) is 0 Å². The zero-order valence-corrected chi connectivity index (χ0v) is 12.5. The van der Waals surface area contributed by atoms with Crippen LogP contribution in [0.25, 0.3) is 0 Å². The maximum atomic E-state index is 12.1. The molecule has 0 aromatic carbocycles. The number of carbonyl (C=O) groups excluding carboxylic acids is 2. The van der Waals surface area contributed by atoms with Gasteiger partial charge in [-0.15, -0.1) is 0 Å². The summed E-state index contributed by atoms with van der Waals surface area (Å²) in [6, 6.07) is 3.30. The van der Waals surface area contributed by atoms with Gasteiger partial charge in [0.15, 0.2) is 0 Å². The minimum atomic E-state index is -0.204. The smallest absolute Gasteiger partial charge is 0.270 e. The molecule has 112 valence electrons. The van der Waals surface area contributed by atoms with E-state index in [1.165, 1.54) is 6.20 Å². The standard InChI is InChI=1S/C15H18ClN3O2/c16-11-3-6-17-13(9-11)14(20)18-12-4-7-19(8-5-12)15(21)10-1-2-10/h3,6,9-10,12H,1-2,4-5,7-8H2,(H,18,20). The third-order valence-corrected chi connectivity index (χ3v) is 4.26. The van der Waals surface area contributed by atoms with Crippen LogP contribution in [0, 0.1) is 5.92 Å². The SMILES string of the molecule is O=C(NC1CCN(C(=O)C2CC2)CC1)c1cc(Cl)ccn1. The van der Waals surface area contributed by atoms with Crippen molar-refractivity contribution >= 4 is 23.4 Å². The summed E-state index contributed by atoms with van der Waals surface area (Å²) in [6.45, 7) is 1.45. The highest BCUT2D eigenvalue weighted by atomic mass is 35.5. The molecular formula is C15H18ClN3O2. The van der Waals surface area contributed by atoms with Gasteiger partial charge >= 0.3 is 0 Å². The van der Waals surface area contributed by atoms with Crippen molar-refractivity contribution in [2.45, 2.75) is 31.7 Å². The summed E-state index contributed by atoms with van der Waals surface area (Å²) in [7, 11) is 0. The molecule has 0 atom stereocenters. The second kappa shape index (κ2) is 6.02. The molecule has 1 saturated heterocycles. The Morgan fingerprint density at radius 1 is 1.24 bits per heavy atom. The van der Waals surface area contributed by atoms with Crippen LogP contribution in [0.3, 0.4) is 0 Å². The van der Waals surface area contributed by atoms with Crippen LogP contribution >= 0.6 is 11.6 Å². The molecule has 1 aromatic heterocycles. The molecule has 0 radical (unpaired) electrons. The highest BCUT2D eigenvalue weighted by Crippen LogP contribution is 2.31. The van der Waals surface area contributed by atoms with Crippen molar-refractivity contribution in [3.8, 4) is 0 Å². The average Bonchev–Trinajstić information content (AvgIpc) is 3.32. The second-order valence-corrected chi connectivity index (χ2v) is 6.14. The topological polar surface area (TPSA) is 62.3 Å². The molecule has 6 heteroatoms. The molecule has 2 aliphatic rings. The number of hydrogen-bond donors (Lipinski definition) is 1. The largest absolute Gasteiger partial charge is 0.348 e. The Morgan fingerprint density at radius 2 is 1.95 bits per heavy atom. The van der Waals surface area contributed by atoms with Gasteiger partial charge in [-0.3, -0.25) is 14.6 Å². The molecule has 3 rings (SSSR count). The summed E-state index contributed by atoms with van der Waals surface area (Å²) in [5.41, 5.74) is 0.332. The van der Waals surface area contributed by atoms with Crippen LogP contribution in [0.15, 0.2) is 18.3 Å². The van der Waals surface area contributed by atoms with E-state index in [1.807, 2.05) is 4.90 Å². The first-order chi connectivity index (χ1) is 10.1. The second-order valence-electron chi connectivity index (χ2n) is 5.71. The summed E-state index contributed by atoms with van der Waals surface area (Å²) in [4.78, 5) is 30.0. The first kappa shape index (κ1) is 14.3. The summed E-state index contributed by atoms with van der Waals surface area (Å²) in [5.74, 6) is 0.354. The summed E-state index contributed by atoms with van der Waals surface area (Å²) in [6.07, 6.45) is 5.19. The Hall–Kier alpha value is -1.62. The first-order valence-electron chi connectivity index (χ1n) is 7.34. The fourth-order valence-electron chi connectivity index (χ4n) is 2.62. The van der Waals surface area contributed by atoms with Crippen molar-refractivity contribution in [2.24, 2.45) is 5.92 Å². The van der Waals surface area contributed by atoms with Crippen LogP contribution in [0.2, 0.25) is 5.02 Å². The molecule has 0 unspecified atom stereocenters. The number of likely N-dealkylation sites (tertiary alicyclic amines) is 1. The van der Waals surface area contributed by atoms with Gasteiger partial charge in [0.25, 0.3) is 5.91 Å². The number of aromatic nitrogens is 1. The number of nitrogens with zero attached hydrogens (tertiary/aromatic N) is 2. The molecule has 1 saturated carbocycles. The summed E-state index contributed by atoms with van der Waals surface area (Å²) >= 11 is 5.86. The van der Waals surface area contributed by atoms with Gasteiger partial charge in [0.2, 0.25) is 5.91 Å². The van der Waals surface area contributed by atoms with Gasteiger partial charge in [-0.25, -0.2) is 0 Å². The lowest BCUT2D eigenvalue weighted by molar-refractivity contribution is -0.133. The lowest BCUT2D eigenvalue weighted by Gasteiger charge is -2.32. The van der Waals surface area contributed by atoms with Gasteiger partial charge in [0.1, 0.15) is 5.69 Å². The van der Waals surface area contributed by atoms with Crippen molar-refractivity contribution in [3.05, 3.63) is 29.0 Å². The third kappa shape index (κ3) is 3.53. The molecule has 21 heavy (non-hydrogen) atoms. The van der Waals surface area contributed by atoms with Crippen LogP contribution in [0.4, 0.5) is 0 Å². The molecular weight excluding hydrogens is 290 g/mol. The number of nitrogens with one attached hydrogen (secondary N) is 1. The van der Waals surface area contributed by atoms with E-state index < -0.39 is 0 Å². The number of rotatable bonds is 3. The van der Waals surface area contributed by atoms with Crippen LogP contribution in [0.5, 0.6) is 0 Å². The monoisotopic (exact) mass is 307 g/mol. The number of piperidine rings is 1. The molecule has 0 bridgehead atoms. The third-order valence-electron chi connectivity index (χ3n) is 4.02. The molecule has 2 amide bonds. The molecule has 1 aliphatic heterocycles. The zero-order valence-electron chi connectivity index (χ0n) is 11.7. The number of pyridine rings is 1. The van der Waals surface area contributed by atoms with E-state index in [9.17, 15) is 9.59 Å². The van der Waals surface area contributed by atoms with Crippen LogP contribution < -0.4 is 5.32 Å². The van der Waals surface area contributed by atoms with E-state index in [0.717, 1.165) is 38.8 Å². The quantitative estimate of drug-likeness (QED) is 0.927. The molecule has 2 heterocycles. The predicted octanol–water partition coefficient (Wildman–Crippen LogP) is 1.87. The van der Waals surface area contributed by atoms with E-state index in [2.05, 4.69) is 10.3 Å². The van der Waals surface area contributed by atoms with Crippen LogP contribution in [0.1, 0.15) is 36.2 Å². The van der Waals surface area contributed by atoms with E-state index in [4.69, 9.17) is 11.6 Å². The maximum absolute atomic E-state index is 12.1. The van der Waals surface area contributed by atoms with Crippen LogP contribution in [-0.4, -0.2) is 40.8 Å². The van der Waals surface area contributed by atoms with Crippen molar-refractivity contribution < 1.29 is 9.59 Å². The highest BCUT2D eigenvalue weighted by molar-refractivity contribution is 6.30. The van der Waals surface area contributed by atoms with Crippen molar-refractivity contribution in [2.75, 3.05) is 13.1 Å². The average molecular weight is 308 g/mol. The van der Waals surface area contributed by atoms with E-state index in [0.29, 0.717) is 10.7 Å². The molecule has 1 N–H and O–H groups in total. The lowest BCUT2D eigenvalue weighted by atomic mass is 10.0. The van der Waals surface area contributed by atoms with Gasteiger partial charge in [0.05, 0.1) is 0 Å². The molecule has 0 spiro atoms. The van der Waals surface area contributed by atoms with Crippen LogP contribution in [-0.2, 0) is 4.79 Å². The lowest BCUT2D eigenvalue weighted by Crippen LogP contribution is -2.47. The summed E-state index contributed by atoms with van der Waals surface area (Å²) in [5, 5.41) is 3.47. The van der Waals surface area contributed by atoms with Gasteiger partial charge in [-0.1, -0.05) is 11.6 Å². The van der Waals surface area contributed by atoms with Crippen molar-refractivity contribution in [3.63, 3.8) is 0 Å². The van der Waals surface area contributed by atoms with E-state index >= 15 is 0 Å². The molecule has 5 nitrogen and oxygen atoms in total. The van der Waals surface area contributed by atoms with E-state index in [-0.39, 0.29) is 23.8 Å². The Bertz CT molecular complexity index is 552. The van der Waals surface area contributed by atoms with Gasteiger partial charge in [-0.05, 0) is 37.8 Å². The Kier molecular flexibility index (Phi) is 4.10.